The van der Waals surface area contributed by atoms with Gasteiger partial charge in [-0.15, -0.1) is 0 Å². The Labute approximate surface area is 246 Å². The average molecular weight is 568 g/mol. The summed E-state index contributed by atoms with van der Waals surface area (Å²) < 4.78 is 5.95. The van der Waals surface area contributed by atoms with Crippen molar-refractivity contribution in [2.24, 2.45) is 0 Å². The van der Waals surface area contributed by atoms with Crippen LogP contribution in [0.4, 0.5) is 0 Å². The number of hydrogen-bond donors (Lipinski definition) is 1. The third-order valence-corrected chi connectivity index (χ3v) is 7.90. The second-order valence-corrected chi connectivity index (χ2v) is 10.6. The van der Waals surface area contributed by atoms with Gasteiger partial charge in [0.1, 0.15) is 0 Å². The van der Waals surface area contributed by atoms with E-state index in [1.54, 1.807) is 17.9 Å². The van der Waals surface area contributed by atoms with E-state index >= 15 is 0 Å². The average Bonchev–Trinajstić information content (AvgIpc) is 3.00. The Morgan fingerprint density at radius 1 is 0.854 bits per heavy atom. The highest BCUT2D eigenvalue weighted by Gasteiger charge is 2.31. The van der Waals surface area contributed by atoms with Crippen LogP contribution in [-0.2, 0) is 4.74 Å². The largest absolute Gasteiger partial charge is 0.462 e. The number of aryl methyl sites for hydroxylation is 2. The van der Waals surface area contributed by atoms with Gasteiger partial charge in [-0.05, 0) is 37.5 Å². The molecule has 4 aromatic rings. The van der Waals surface area contributed by atoms with Crippen molar-refractivity contribution in [1.82, 2.24) is 15.2 Å². The lowest BCUT2D eigenvalue weighted by molar-refractivity contribution is 0.0495. The number of carbonyl (C=O) groups is 2. The number of nitrogens with one attached hydrogen (secondary N) is 1. The Morgan fingerprint density at radius 3 is 2.02 bits per heavy atom. The van der Waals surface area contributed by atoms with Crippen LogP contribution < -0.4 is 5.32 Å². The summed E-state index contributed by atoms with van der Waals surface area (Å²) in [5.41, 5.74) is 5.14. The molecule has 0 unspecified atom stereocenters. The molecule has 1 saturated heterocycles. The van der Waals surface area contributed by atoms with E-state index in [1.165, 1.54) is 0 Å². The second-order valence-electron chi connectivity index (χ2n) is 10.2. The summed E-state index contributed by atoms with van der Waals surface area (Å²) in [5, 5.41) is 3.73. The lowest BCUT2D eigenvalue weighted by atomic mass is 9.89. The van der Waals surface area contributed by atoms with Gasteiger partial charge in [0, 0.05) is 48.2 Å². The molecule has 1 amide bonds. The molecule has 6 nitrogen and oxygen atoms in total. The maximum Gasteiger partial charge on any atom is 0.340 e. The monoisotopic (exact) mass is 567 g/mol. The molecule has 0 spiro atoms. The van der Waals surface area contributed by atoms with E-state index in [0.29, 0.717) is 65.7 Å². The van der Waals surface area contributed by atoms with Crippen LogP contribution in [0.3, 0.4) is 0 Å². The number of hydrogen-bond acceptors (Lipinski definition) is 5. The van der Waals surface area contributed by atoms with Crippen LogP contribution in [0.1, 0.15) is 55.6 Å². The predicted molar refractivity (Wildman–Crippen MR) is 163 cm³/mol. The lowest BCUT2D eigenvalue weighted by Gasteiger charge is -2.29. The van der Waals surface area contributed by atoms with Crippen LogP contribution >= 0.6 is 11.6 Å². The van der Waals surface area contributed by atoms with Gasteiger partial charge in [0.05, 0.1) is 29.1 Å². The molecule has 7 heteroatoms. The standard InChI is InChI=1S/C34H34ClN3O3/c1-23-30(33(39)38-20-18-36-19-21-38)32(28-15-9-10-16-29(28)35)31(24(2)37-23)34(40)41-22-17-27(25-11-5-3-6-12-25)26-13-7-4-8-14-26/h3-16,27,36H,17-22H2,1-2H3. The Bertz CT molecular complexity index is 1480. The van der Waals surface area contributed by atoms with E-state index in [0.717, 1.165) is 11.1 Å². The molecule has 1 aliphatic rings. The first kappa shape index (κ1) is 28.5. The molecule has 0 radical (unpaired) electrons. The number of benzene rings is 3. The van der Waals surface area contributed by atoms with Crippen molar-refractivity contribution in [3.8, 4) is 11.1 Å². The Kier molecular flexibility index (Phi) is 9.12. The quantitative estimate of drug-likeness (QED) is 0.248. The first-order chi connectivity index (χ1) is 20.0. The molecule has 210 valence electrons. The van der Waals surface area contributed by atoms with Crippen LogP contribution in [0, 0.1) is 13.8 Å². The number of halogens is 1. The third-order valence-electron chi connectivity index (χ3n) is 7.57. The minimum Gasteiger partial charge on any atom is -0.462 e. The van der Waals surface area contributed by atoms with Crippen molar-refractivity contribution in [2.45, 2.75) is 26.2 Å². The minimum atomic E-state index is -0.515. The number of rotatable bonds is 8. The van der Waals surface area contributed by atoms with E-state index in [2.05, 4.69) is 34.6 Å². The Balaban J connectivity index is 1.49. The summed E-state index contributed by atoms with van der Waals surface area (Å²) in [6, 6.07) is 27.7. The molecule has 1 N–H and O–H groups in total. The van der Waals surface area contributed by atoms with Gasteiger partial charge in [0.15, 0.2) is 0 Å². The number of carbonyl (C=O) groups excluding carboxylic acids is 2. The smallest absolute Gasteiger partial charge is 0.340 e. The molecule has 0 atom stereocenters. The minimum absolute atomic E-state index is 0.0651. The number of nitrogens with zero attached hydrogens (tertiary/aromatic N) is 2. The lowest BCUT2D eigenvalue weighted by Crippen LogP contribution is -2.46. The zero-order valence-corrected chi connectivity index (χ0v) is 24.2. The van der Waals surface area contributed by atoms with Gasteiger partial charge in [-0.25, -0.2) is 4.79 Å². The van der Waals surface area contributed by atoms with E-state index < -0.39 is 5.97 Å². The van der Waals surface area contributed by atoms with Gasteiger partial charge in [-0.1, -0.05) is 90.5 Å². The van der Waals surface area contributed by atoms with Gasteiger partial charge < -0.3 is 15.0 Å². The maximum atomic E-state index is 13.9. The van der Waals surface area contributed by atoms with Crippen LogP contribution in [0.25, 0.3) is 11.1 Å². The third kappa shape index (κ3) is 6.34. The number of piperazine rings is 1. The van der Waals surface area contributed by atoms with E-state index in [4.69, 9.17) is 16.3 Å². The molecule has 1 fully saturated rings. The summed E-state index contributed by atoms with van der Waals surface area (Å²) in [7, 11) is 0. The van der Waals surface area contributed by atoms with Gasteiger partial charge in [-0.3, -0.25) is 9.78 Å². The Hall–Kier alpha value is -4.00. The highest BCUT2D eigenvalue weighted by atomic mass is 35.5. The van der Waals surface area contributed by atoms with E-state index in [-0.39, 0.29) is 24.0 Å². The van der Waals surface area contributed by atoms with Crippen LogP contribution in [0.5, 0.6) is 0 Å². The fourth-order valence-corrected chi connectivity index (χ4v) is 5.79. The van der Waals surface area contributed by atoms with Gasteiger partial charge >= 0.3 is 5.97 Å². The summed E-state index contributed by atoms with van der Waals surface area (Å²) in [5.74, 6) is -0.608. The van der Waals surface area contributed by atoms with Gasteiger partial charge in [-0.2, -0.15) is 0 Å². The second kappa shape index (κ2) is 13.1. The molecule has 3 aromatic carbocycles. The van der Waals surface area contributed by atoms with Crippen molar-refractivity contribution >= 4 is 23.5 Å². The summed E-state index contributed by atoms with van der Waals surface area (Å²) in [4.78, 5) is 34.2. The molecule has 0 bridgehead atoms. The van der Waals surface area contributed by atoms with Crippen molar-refractivity contribution in [2.75, 3.05) is 32.8 Å². The predicted octanol–water partition coefficient (Wildman–Crippen LogP) is 6.44. The van der Waals surface area contributed by atoms with Crippen molar-refractivity contribution < 1.29 is 14.3 Å². The summed E-state index contributed by atoms with van der Waals surface area (Å²) >= 11 is 6.68. The molecule has 41 heavy (non-hydrogen) atoms. The van der Waals surface area contributed by atoms with Gasteiger partial charge in [0.25, 0.3) is 5.91 Å². The summed E-state index contributed by atoms with van der Waals surface area (Å²) in [6.45, 7) is 6.36. The highest BCUT2D eigenvalue weighted by molar-refractivity contribution is 6.34. The first-order valence-electron chi connectivity index (χ1n) is 14.0. The number of amides is 1. The highest BCUT2D eigenvalue weighted by Crippen LogP contribution is 2.37. The number of ether oxygens (including phenoxy) is 1. The normalized spacial score (nSPS) is 13.3. The number of esters is 1. The van der Waals surface area contributed by atoms with Crippen molar-refractivity contribution in [3.05, 3.63) is 124 Å². The number of pyridine rings is 1. The Morgan fingerprint density at radius 2 is 1.41 bits per heavy atom. The SMILES string of the molecule is Cc1nc(C)c(C(=O)N2CCNCC2)c(-c2ccccc2Cl)c1C(=O)OCCC(c1ccccc1)c1ccccc1. The first-order valence-corrected chi connectivity index (χ1v) is 14.4. The van der Waals surface area contributed by atoms with Crippen LogP contribution in [0.2, 0.25) is 5.02 Å². The summed E-state index contributed by atoms with van der Waals surface area (Å²) in [6.07, 6.45) is 0.603. The zero-order chi connectivity index (χ0) is 28.8. The fraction of sp³-hybridized carbons (Fsp3) is 0.265. The van der Waals surface area contributed by atoms with Crippen molar-refractivity contribution in [1.29, 1.82) is 0 Å². The van der Waals surface area contributed by atoms with Crippen LogP contribution in [-0.4, -0.2) is 54.5 Å². The molecular formula is C34H34ClN3O3. The topological polar surface area (TPSA) is 71.5 Å². The fourth-order valence-electron chi connectivity index (χ4n) is 5.56. The molecule has 0 aliphatic carbocycles. The molecule has 5 rings (SSSR count). The maximum absolute atomic E-state index is 13.9. The molecular weight excluding hydrogens is 534 g/mol. The van der Waals surface area contributed by atoms with Crippen LogP contribution in [0.15, 0.2) is 84.9 Å². The molecule has 2 heterocycles. The van der Waals surface area contributed by atoms with E-state index in [9.17, 15) is 9.59 Å². The van der Waals surface area contributed by atoms with E-state index in [1.807, 2.05) is 61.5 Å². The molecule has 1 aromatic heterocycles. The molecule has 0 saturated carbocycles. The van der Waals surface area contributed by atoms with Crippen molar-refractivity contribution in [3.63, 3.8) is 0 Å². The number of aromatic nitrogens is 1. The molecule has 1 aliphatic heterocycles. The van der Waals surface area contributed by atoms with Gasteiger partial charge in [0.2, 0.25) is 0 Å². The zero-order valence-electron chi connectivity index (χ0n) is 23.4.